The van der Waals surface area contributed by atoms with E-state index < -0.39 is 17.8 Å². The van der Waals surface area contributed by atoms with Crippen molar-refractivity contribution in [2.45, 2.75) is 18.8 Å². The van der Waals surface area contributed by atoms with Crippen molar-refractivity contribution < 1.29 is 22.4 Å². The number of amides is 1. The van der Waals surface area contributed by atoms with Crippen molar-refractivity contribution in [1.29, 1.82) is 0 Å². The molecule has 13 heavy (non-hydrogen) atoms. The van der Waals surface area contributed by atoms with Crippen molar-refractivity contribution in [3.63, 3.8) is 0 Å². The smallest absolute Gasteiger partial charge is 0.352 e. The Labute approximate surface area is 72.3 Å². The van der Waals surface area contributed by atoms with Crippen molar-refractivity contribution >= 4 is 5.91 Å². The van der Waals surface area contributed by atoms with Crippen molar-refractivity contribution in [2.24, 2.45) is 5.73 Å². The third-order valence-corrected chi connectivity index (χ3v) is 1.39. The molecule has 0 fully saturated rings. The molecule has 0 heterocycles. The Kier molecular flexibility index (Phi) is 3.65. The van der Waals surface area contributed by atoms with Crippen molar-refractivity contribution in [3.05, 3.63) is 0 Å². The summed E-state index contributed by atoms with van der Waals surface area (Å²) in [5.74, 6) is -1.72. The minimum Gasteiger partial charge on any atom is -0.352 e. The van der Waals surface area contributed by atoms with E-state index in [-0.39, 0.29) is 20.0 Å². The SMILES string of the molecule is CC(F)(C(=O)NCCN)C(F)(F)F. The summed E-state index contributed by atoms with van der Waals surface area (Å²) in [5, 5.41) is 1.72. The minimum atomic E-state index is -5.20. The molecule has 1 amide bonds. The Bertz CT molecular complexity index is 190. The molecule has 0 aliphatic carbocycles. The second-order valence-electron chi connectivity index (χ2n) is 2.55. The number of carbonyl (C=O) groups excluding carboxylic acids is 1. The zero-order chi connectivity index (χ0) is 10.7. The molecule has 0 rings (SSSR count). The van der Waals surface area contributed by atoms with Gasteiger partial charge in [-0.1, -0.05) is 0 Å². The summed E-state index contributed by atoms with van der Waals surface area (Å²) in [5.41, 5.74) is 1.05. The molecule has 78 valence electrons. The van der Waals surface area contributed by atoms with Gasteiger partial charge in [0.05, 0.1) is 0 Å². The Hall–Kier alpha value is -0.850. The van der Waals surface area contributed by atoms with Crippen LogP contribution in [-0.2, 0) is 4.79 Å². The predicted octanol–water partition coefficient (Wildman–Crippen LogP) is 0.352. The first-order valence-electron chi connectivity index (χ1n) is 3.47. The normalized spacial score (nSPS) is 16.5. The lowest BCUT2D eigenvalue weighted by molar-refractivity contribution is -0.221. The van der Waals surface area contributed by atoms with E-state index in [0.717, 1.165) is 0 Å². The summed E-state index contributed by atoms with van der Waals surface area (Å²) in [6.45, 7) is -0.0625. The van der Waals surface area contributed by atoms with Gasteiger partial charge in [-0.2, -0.15) is 13.2 Å². The quantitative estimate of drug-likeness (QED) is 0.649. The lowest BCUT2D eigenvalue weighted by atomic mass is 10.1. The van der Waals surface area contributed by atoms with E-state index in [1.165, 1.54) is 0 Å². The van der Waals surface area contributed by atoms with E-state index in [1.54, 1.807) is 5.32 Å². The summed E-state index contributed by atoms with van der Waals surface area (Å²) in [6, 6.07) is 0. The molecule has 1 unspecified atom stereocenters. The number of hydrogen-bond donors (Lipinski definition) is 2. The van der Waals surface area contributed by atoms with Crippen LogP contribution in [0.15, 0.2) is 0 Å². The molecular weight excluding hydrogens is 192 g/mol. The lowest BCUT2D eigenvalue weighted by Gasteiger charge is -2.22. The highest BCUT2D eigenvalue weighted by Gasteiger charge is 2.57. The first kappa shape index (κ1) is 12.2. The highest BCUT2D eigenvalue weighted by Crippen LogP contribution is 2.33. The molecule has 3 nitrogen and oxygen atoms in total. The molecule has 1 atom stereocenters. The van der Waals surface area contributed by atoms with E-state index in [1.807, 2.05) is 0 Å². The zero-order valence-corrected chi connectivity index (χ0v) is 6.91. The average Bonchev–Trinajstić information content (AvgIpc) is 1.97. The van der Waals surface area contributed by atoms with E-state index in [4.69, 9.17) is 5.73 Å². The Morgan fingerprint density at radius 2 is 1.85 bits per heavy atom. The van der Waals surface area contributed by atoms with Gasteiger partial charge in [0.25, 0.3) is 11.6 Å². The Morgan fingerprint density at radius 3 is 2.15 bits per heavy atom. The summed E-state index contributed by atoms with van der Waals surface area (Å²) < 4.78 is 48.3. The first-order chi connectivity index (χ1) is 5.73. The third-order valence-electron chi connectivity index (χ3n) is 1.39. The van der Waals surface area contributed by atoms with Crippen LogP contribution in [0.5, 0.6) is 0 Å². The summed E-state index contributed by atoms with van der Waals surface area (Å²) in [4.78, 5) is 10.6. The number of carbonyl (C=O) groups is 1. The van der Waals surface area contributed by atoms with Gasteiger partial charge in [0.2, 0.25) is 0 Å². The zero-order valence-electron chi connectivity index (χ0n) is 6.91. The Balaban J connectivity index is 4.37. The van der Waals surface area contributed by atoms with Crippen LogP contribution in [0.4, 0.5) is 17.6 Å². The maximum atomic E-state index is 12.7. The molecule has 3 N–H and O–H groups in total. The molecule has 0 saturated heterocycles. The van der Waals surface area contributed by atoms with Gasteiger partial charge in [-0.15, -0.1) is 0 Å². The Morgan fingerprint density at radius 1 is 1.38 bits per heavy atom. The standard InChI is InChI=1S/C6H10F4N2O/c1-5(7,6(8,9)10)4(13)12-3-2-11/h2-3,11H2,1H3,(H,12,13). The van der Waals surface area contributed by atoms with Crippen LogP contribution in [-0.4, -0.2) is 30.8 Å². The van der Waals surface area contributed by atoms with Gasteiger partial charge >= 0.3 is 6.18 Å². The van der Waals surface area contributed by atoms with Gasteiger partial charge in [0.1, 0.15) is 0 Å². The fourth-order valence-corrected chi connectivity index (χ4v) is 0.480. The van der Waals surface area contributed by atoms with E-state index in [0.29, 0.717) is 0 Å². The summed E-state index contributed by atoms with van der Waals surface area (Å²) in [6.07, 6.45) is -5.20. The highest BCUT2D eigenvalue weighted by atomic mass is 19.4. The van der Waals surface area contributed by atoms with Gasteiger partial charge in [0, 0.05) is 13.1 Å². The molecular formula is C6H10F4N2O. The second kappa shape index (κ2) is 3.91. The maximum Gasteiger partial charge on any atom is 0.431 e. The molecule has 0 bridgehead atoms. The van der Waals surface area contributed by atoms with Crippen LogP contribution in [0.25, 0.3) is 0 Å². The topological polar surface area (TPSA) is 55.1 Å². The van der Waals surface area contributed by atoms with Gasteiger partial charge < -0.3 is 11.1 Å². The highest BCUT2D eigenvalue weighted by molar-refractivity contribution is 5.85. The largest absolute Gasteiger partial charge is 0.431 e. The number of halogens is 4. The van der Waals surface area contributed by atoms with E-state index >= 15 is 0 Å². The van der Waals surface area contributed by atoms with E-state index in [9.17, 15) is 22.4 Å². The summed E-state index contributed by atoms with van der Waals surface area (Å²) in [7, 11) is 0. The van der Waals surface area contributed by atoms with Crippen LogP contribution in [0, 0.1) is 0 Å². The number of nitrogens with one attached hydrogen (secondary N) is 1. The molecule has 0 aromatic rings. The lowest BCUT2D eigenvalue weighted by Crippen LogP contribution is -2.52. The predicted molar refractivity (Wildman–Crippen MR) is 37.6 cm³/mol. The molecule has 0 aliphatic heterocycles. The van der Waals surface area contributed by atoms with Crippen LogP contribution >= 0.6 is 0 Å². The number of hydrogen-bond acceptors (Lipinski definition) is 2. The van der Waals surface area contributed by atoms with Gasteiger partial charge in [-0.25, -0.2) is 4.39 Å². The molecule has 0 radical (unpaired) electrons. The third kappa shape index (κ3) is 2.83. The fourth-order valence-electron chi connectivity index (χ4n) is 0.480. The summed E-state index contributed by atoms with van der Waals surface area (Å²) >= 11 is 0. The molecule has 0 aliphatic rings. The van der Waals surface area contributed by atoms with Gasteiger partial charge in [0.15, 0.2) is 0 Å². The van der Waals surface area contributed by atoms with Gasteiger partial charge in [-0.3, -0.25) is 4.79 Å². The molecule has 0 aromatic carbocycles. The molecule has 0 aromatic heterocycles. The van der Waals surface area contributed by atoms with Crippen molar-refractivity contribution in [1.82, 2.24) is 5.32 Å². The molecule has 0 saturated carbocycles. The number of nitrogens with two attached hydrogens (primary N) is 1. The number of rotatable bonds is 3. The monoisotopic (exact) mass is 202 g/mol. The minimum absolute atomic E-state index is 0.0420. The average molecular weight is 202 g/mol. The molecule has 0 spiro atoms. The van der Waals surface area contributed by atoms with Crippen molar-refractivity contribution in [2.75, 3.05) is 13.1 Å². The van der Waals surface area contributed by atoms with Crippen LogP contribution < -0.4 is 11.1 Å². The van der Waals surface area contributed by atoms with Gasteiger partial charge in [-0.05, 0) is 6.92 Å². The fraction of sp³-hybridized carbons (Fsp3) is 0.833. The van der Waals surface area contributed by atoms with E-state index in [2.05, 4.69) is 0 Å². The number of alkyl halides is 4. The first-order valence-corrected chi connectivity index (χ1v) is 3.47. The second-order valence-corrected chi connectivity index (χ2v) is 2.55. The van der Waals surface area contributed by atoms with Crippen LogP contribution in [0.3, 0.4) is 0 Å². The van der Waals surface area contributed by atoms with Crippen LogP contribution in [0.1, 0.15) is 6.92 Å². The van der Waals surface area contributed by atoms with Crippen molar-refractivity contribution in [3.8, 4) is 0 Å². The maximum absolute atomic E-state index is 12.7. The van der Waals surface area contributed by atoms with Crippen LogP contribution in [0.2, 0.25) is 0 Å². The molecule has 7 heteroatoms.